The molecule has 26 heavy (non-hydrogen) atoms. The van der Waals surface area contributed by atoms with E-state index in [9.17, 15) is 9.18 Å². The number of hydrogen-bond acceptors (Lipinski definition) is 5. The van der Waals surface area contributed by atoms with Gasteiger partial charge in [0.05, 0.1) is 5.69 Å². The van der Waals surface area contributed by atoms with Gasteiger partial charge in [0.1, 0.15) is 24.7 Å². The number of rotatable bonds is 6. The second-order valence-electron chi connectivity index (χ2n) is 5.34. The van der Waals surface area contributed by atoms with Crippen LogP contribution in [0.25, 0.3) is 11.3 Å². The van der Waals surface area contributed by atoms with Crippen LogP contribution in [0.2, 0.25) is 5.02 Å². The molecule has 2 heterocycles. The summed E-state index contributed by atoms with van der Waals surface area (Å²) in [5, 5.41) is 9.05. The molecular formula is C18H13ClFN3O3. The maximum Gasteiger partial charge on any atom is 0.311 e. The third-order valence-corrected chi connectivity index (χ3v) is 3.66. The number of nitrogens with zero attached hydrogens (tertiary/aromatic N) is 3. The smallest absolute Gasteiger partial charge is 0.311 e. The highest BCUT2D eigenvalue weighted by Gasteiger charge is 2.08. The first kappa shape index (κ1) is 17.8. The topological polar surface area (TPSA) is 85.2 Å². The standard InChI is InChI=1S/C18H13ClFN3O3/c19-13-5-4-11(14(20)6-13)10-26-17-3-1-2-15(23-17)12-8-21-16(22-9-12)7-18(24)25/h1-6,8-9H,7,10H2,(H,24,25). The van der Waals surface area contributed by atoms with Crippen molar-refractivity contribution >= 4 is 17.6 Å². The Labute approximate surface area is 153 Å². The normalized spacial score (nSPS) is 10.5. The number of carboxylic acids is 1. The fourth-order valence-corrected chi connectivity index (χ4v) is 2.32. The fourth-order valence-electron chi connectivity index (χ4n) is 2.16. The van der Waals surface area contributed by atoms with Gasteiger partial charge in [-0.05, 0) is 18.2 Å². The van der Waals surface area contributed by atoms with Gasteiger partial charge in [0, 0.05) is 34.6 Å². The largest absolute Gasteiger partial charge is 0.481 e. The Kier molecular flexibility index (Phi) is 5.38. The molecule has 0 amide bonds. The SMILES string of the molecule is O=C(O)Cc1ncc(-c2cccc(OCc3ccc(Cl)cc3F)n2)cn1. The lowest BCUT2D eigenvalue weighted by atomic mass is 10.2. The molecular weight excluding hydrogens is 361 g/mol. The zero-order valence-electron chi connectivity index (χ0n) is 13.4. The van der Waals surface area contributed by atoms with E-state index in [4.69, 9.17) is 21.4 Å². The molecule has 0 atom stereocenters. The van der Waals surface area contributed by atoms with Crippen LogP contribution in [-0.4, -0.2) is 26.0 Å². The van der Waals surface area contributed by atoms with Crippen LogP contribution >= 0.6 is 11.6 Å². The number of hydrogen-bond donors (Lipinski definition) is 1. The van der Waals surface area contributed by atoms with Gasteiger partial charge in [0.2, 0.25) is 5.88 Å². The molecule has 2 aromatic heterocycles. The summed E-state index contributed by atoms with van der Waals surface area (Å²) in [4.78, 5) is 23.0. The maximum absolute atomic E-state index is 13.8. The van der Waals surface area contributed by atoms with Crippen LogP contribution in [0.15, 0.2) is 48.8 Å². The summed E-state index contributed by atoms with van der Waals surface area (Å²) >= 11 is 5.72. The minimum atomic E-state index is -0.999. The van der Waals surface area contributed by atoms with Gasteiger partial charge in [-0.15, -0.1) is 0 Å². The molecule has 0 saturated heterocycles. The minimum Gasteiger partial charge on any atom is -0.481 e. The molecule has 0 bridgehead atoms. The van der Waals surface area contributed by atoms with E-state index >= 15 is 0 Å². The molecule has 0 aliphatic heterocycles. The van der Waals surface area contributed by atoms with E-state index in [1.807, 2.05) is 0 Å². The molecule has 0 aliphatic carbocycles. The number of ether oxygens (including phenoxy) is 1. The molecule has 8 heteroatoms. The zero-order valence-corrected chi connectivity index (χ0v) is 14.2. The highest BCUT2D eigenvalue weighted by Crippen LogP contribution is 2.20. The average Bonchev–Trinajstić information content (AvgIpc) is 2.61. The lowest BCUT2D eigenvalue weighted by molar-refractivity contribution is -0.136. The Bertz CT molecular complexity index is 935. The number of carbonyl (C=O) groups is 1. The molecule has 0 spiro atoms. The Balaban J connectivity index is 1.72. The van der Waals surface area contributed by atoms with Crippen molar-refractivity contribution < 1.29 is 19.0 Å². The molecule has 1 N–H and O–H groups in total. The highest BCUT2D eigenvalue weighted by atomic mass is 35.5. The Morgan fingerprint density at radius 1 is 1.19 bits per heavy atom. The van der Waals surface area contributed by atoms with E-state index in [1.54, 1.807) is 30.3 Å². The van der Waals surface area contributed by atoms with Gasteiger partial charge in [-0.25, -0.2) is 19.3 Å². The van der Waals surface area contributed by atoms with Crippen molar-refractivity contribution in [3.63, 3.8) is 0 Å². The summed E-state index contributed by atoms with van der Waals surface area (Å²) < 4.78 is 19.3. The van der Waals surface area contributed by atoms with Crippen molar-refractivity contribution in [1.82, 2.24) is 15.0 Å². The van der Waals surface area contributed by atoms with Crippen LogP contribution in [0, 0.1) is 5.82 Å². The molecule has 0 fully saturated rings. The van der Waals surface area contributed by atoms with E-state index in [2.05, 4.69) is 15.0 Å². The minimum absolute atomic E-state index is 0.00745. The number of carboxylic acid groups (broad SMARTS) is 1. The van der Waals surface area contributed by atoms with Gasteiger partial charge >= 0.3 is 5.97 Å². The van der Waals surface area contributed by atoms with Gasteiger partial charge in [-0.3, -0.25) is 4.79 Å². The molecule has 0 unspecified atom stereocenters. The maximum atomic E-state index is 13.8. The predicted molar refractivity (Wildman–Crippen MR) is 92.3 cm³/mol. The predicted octanol–water partition coefficient (Wildman–Crippen LogP) is 3.54. The van der Waals surface area contributed by atoms with Crippen molar-refractivity contribution in [2.75, 3.05) is 0 Å². The number of aromatic nitrogens is 3. The number of aliphatic carboxylic acids is 1. The Morgan fingerprint density at radius 2 is 1.96 bits per heavy atom. The monoisotopic (exact) mass is 373 g/mol. The molecule has 0 saturated carbocycles. The first-order valence-electron chi connectivity index (χ1n) is 7.58. The Morgan fingerprint density at radius 3 is 2.65 bits per heavy atom. The highest BCUT2D eigenvalue weighted by molar-refractivity contribution is 6.30. The van der Waals surface area contributed by atoms with Crippen LogP contribution in [-0.2, 0) is 17.8 Å². The van der Waals surface area contributed by atoms with Crippen LogP contribution in [0.5, 0.6) is 5.88 Å². The van der Waals surface area contributed by atoms with Crippen LogP contribution in [0.1, 0.15) is 11.4 Å². The molecule has 0 radical (unpaired) electrons. The van der Waals surface area contributed by atoms with Gasteiger partial charge in [0.15, 0.2) is 0 Å². The zero-order chi connectivity index (χ0) is 18.5. The second-order valence-corrected chi connectivity index (χ2v) is 5.78. The van der Waals surface area contributed by atoms with Crippen LogP contribution in [0.4, 0.5) is 4.39 Å². The summed E-state index contributed by atoms with van der Waals surface area (Å²) in [5.41, 5.74) is 1.53. The third kappa shape index (κ3) is 4.52. The molecule has 3 aromatic rings. The number of pyridine rings is 1. The average molecular weight is 374 g/mol. The van der Waals surface area contributed by atoms with Crippen molar-refractivity contribution in [2.24, 2.45) is 0 Å². The molecule has 1 aromatic carbocycles. The molecule has 132 valence electrons. The molecule has 3 rings (SSSR count). The van der Waals surface area contributed by atoms with Crippen molar-refractivity contribution in [2.45, 2.75) is 13.0 Å². The summed E-state index contributed by atoms with van der Waals surface area (Å²) in [6.45, 7) is 0.00745. The lowest BCUT2D eigenvalue weighted by Gasteiger charge is -2.08. The van der Waals surface area contributed by atoms with Crippen LogP contribution < -0.4 is 4.74 Å². The molecule has 6 nitrogen and oxygen atoms in total. The first-order valence-corrected chi connectivity index (χ1v) is 7.96. The van der Waals surface area contributed by atoms with Gasteiger partial charge in [0.25, 0.3) is 0 Å². The van der Waals surface area contributed by atoms with E-state index in [0.717, 1.165) is 0 Å². The number of benzene rings is 1. The summed E-state index contributed by atoms with van der Waals surface area (Å²) in [5.74, 6) is -0.921. The van der Waals surface area contributed by atoms with E-state index in [-0.39, 0.29) is 18.9 Å². The van der Waals surface area contributed by atoms with Crippen molar-refractivity contribution in [3.05, 3.63) is 71.0 Å². The Hall–Kier alpha value is -3.06. The van der Waals surface area contributed by atoms with Gasteiger partial charge < -0.3 is 9.84 Å². The van der Waals surface area contributed by atoms with Gasteiger partial charge in [-0.1, -0.05) is 23.7 Å². The second kappa shape index (κ2) is 7.88. The summed E-state index contributed by atoms with van der Waals surface area (Å²) in [6.07, 6.45) is 2.75. The number of halogens is 2. The third-order valence-electron chi connectivity index (χ3n) is 3.42. The van der Waals surface area contributed by atoms with Crippen molar-refractivity contribution in [1.29, 1.82) is 0 Å². The van der Waals surface area contributed by atoms with E-state index in [1.165, 1.54) is 18.5 Å². The van der Waals surface area contributed by atoms with E-state index in [0.29, 0.717) is 27.7 Å². The lowest BCUT2D eigenvalue weighted by Crippen LogP contribution is -2.04. The summed E-state index contributed by atoms with van der Waals surface area (Å²) in [7, 11) is 0. The van der Waals surface area contributed by atoms with Crippen molar-refractivity contribution in [3.8, 4) is 17.1 Å². The quantitative estimate of drug-likeness (QED) is 0.711. The summed E-state index contributed by atoms with van der Waals surface area (Å²) in [6, 6.07) is 9.49. The first-order chi connectivity index (χ1) is 12.5. The molecule has 0 aliphatic rings. The fraction of sp³-hybridized carbons (Fsp3) is 0.111. The van der Waals surface area contributed by atoms with E-state index < -0.39 is 11.8 Å². The van der Waals surface area contributed by atoms with Crippen LogP contribution in [0.3, 0.4) is 0 Å². The van der Waals surface area contributed by atoms with Gasteiger partial charge in [-0.2, -0.15) is 0 Å².